The molecule has 16 heavy (non-hydrogen) atoms. The Balaban J connectivity index is 2.69. The maximum atomic E-state index is 11.1. The second kappa shape index (κ2) is 4.28. The Morgan fingerprint density at radius 2 is 2.06 bits per heavy atom. The van der Waals surface area contributed by atoms with Crippen LogP contribution in [0.3, 0.4) is 0 Å². The zero-order valence-corrected chi connectivity index (χ0v) is 11.1. The highest BCUT2D eigenvalue weighted by atomic mass is 32.2. The first-order valence-corrected chi connectivity index (χ1v) is 7.07. The largest absolute Gasteiger partial charge is 0.302 e. The quantitative estimate of drug-likeness (QED) is 0.825. The second-order valence-electron chi connectivity index (χ2n) is 4.17. The van der Waals surface area contributed by atoms with Gasteiger partial charge in [-0.15, -0.1) is 11.3 Å². The van der Waals surface area contributed by atoms with Gasteiger partial charge in [0.1, 0.15) is 4.21 Å². The van der Waals surface area contributed by atoms with Gasteiger partial charge in [0.05, 0.1) is 0 Å². The lowest BCUT2D eigenvalue weighted by molar-refractivity contribution is 0.566. The van der Waals surface area contributed by atoms with E-state index in [-0.39, 0.29) is 0 Å². The molecule has 1 unspecified atom stereocenters. The molecule has 0 bridgehead atoms. The highest BCUT2D eigenvalue weighted by Crippen LogP contribution is 2.34. The fraction of sp³-hybridized carbons (Fsp3) is 0.333. The van der Waals surface area contributed by atoms with Gasteiger partial charge >= 0.3 is 0 Å². The van der Waals surface area contributed by atoms with Crippen LogP contribution in [0.2, 0.25) is 0 Å². The van der Waals surface area contributed by atoms with Crippen molar-refractivity contribution in [2.75, 3.05) is 0 Å². The van der Waals surface area contributed by atoms with Gasteiger partial charge in [0, 0.05) is 4.70 Å². The highest BCUT2D eigenvalue weighted by Gasteiger charge is 2.13. The third kappa shape index (κ3) is 1.93. The predicted molar refractivity (Wildman–Crippen MR) is 69.7 cm³/mol. The maximum absolute atomic E-state index is 11.1. The number of thiophene rings is 1. The summed E-state index contributed by atoms with van der Waals surface area (Å²) in [6, 6.07) is 6.26. The van der Waals surface area contributed by atoms with Crippen LogP contribution < -0.4 is 0 Å². The summed E-state index contributed by atoms with van der Waals surface area (Å²) < 4.78 is 21.9. The first kappa shape index (κ1) is 11.8. The highest BCUT2D eigenvalue weighted by molar-refractivity contribution is 7.82. The summed E-state index contributed by atoms with van der Waals surface area (Å²) >= 11 is -0.470. The summed E-state index contributed by atoms with van der Waals surface area (Å²) in [4.78, 5) is 0. The topological polar surface area (TPSA) is 37.3 Å². The van der Waals surface area contributed by atoms with Crippen molar-refractivity contribution in [1.29, 1.82) is 0 Å². The van der Waals surface area contributed by atoms with E-state index in [9.17, 15) is 4.21 Å². The summed E-state index contributed by atoms with van der Waals surface area (Å²) in [5, 5.41) is 1.11. The van der Waals surface area contributed by atoms with E-state index < -0.39 is 11.1 Å². The van der Waals surface area contributed by atoms with E-state index in [0.717, 1.165) is 15.6 Å². The fourth-order valence-corrected chi connectivity index (χ4v) is 3.59. The first-order valence-electron chi connectivity index (χ1n) is 5.14. The monoisotopic (exact) mass is 254 g/mol. The average molecular weight is 254 g/mol. The Morgan fingerprint density at radius 3 is 2.62 bits per heavy atom. The lowest BCUT2D eigenvalue weighted by Crippen LogP contribution is -1.87. The van der Waals surface area contributed by atoms with Crippen LogP contribution in [0, 0.1) is 6.92 Å². The molecule has 0 saturated heterocycles. The molecule has 0 fully saturated rings. The molecule has 0 aliphatic carbocycles. The minimum atomic E-state index is -1.87. The van der Waals surface area contributed by atoms with Crippen molar-refractivity contribution in [1.82, 2.24) is 0 Å². The normalized spacial score (nSPS) is 13.6. The zero-order chi connectivity index (χ0) is 11.9. The summed E-state index contributed by atoms with van der Waals surface area (Å²) in [7, 11) is 0. The van der Waals surface area contributed by atoms with Crippen molar-refractivity contribution in [2.45, 2.75) is 30.9 Å². The summed E-state index contributed by atoms with van der Waals surface area (Å²) in [5.74, 6) is 0.478. The lowest BCUT2D eigenvalue weighted by Gasteiger charge is -2.04. The van der Waals surface area contributed by atoms with Crippen molar-refractivity contribution in [2.24, 2.45) is 0 Å². The van der Waals surface area contributed by atoms with Gasteiger partial charge in [-0.25, -0.2) is 4.21 Å². The van der Waals surface area contributed by atoms with Gasteiger partial charge in [0.15, 0.2) is 11.1 Å². The molecule has 1 heterocycles. The van der Waals surface area contributed by atoms with Gasteiger partial charge in [0.2, 0.25) is 0 Å². The molecule has 2 aromatic rings. The van der Waals surface area contributed by atoms with Crippen LogP contribution in [0.15, 0.2) is 22.4 Å². The molecule has 1 aromatic heterocycles. The van der Waals surface area contributed by atoms with Crippen LogP contribution in [-0.4, -0.2) is 8.76 Å². The van der Waals surface area contributed by atoms with Crippen molar-refractivity contribution in [3.05, 3.63) is 29.3 Å². The lowest BCUT2D eigenvalue weighted by atomic mass is 10.0. The van der Waals surface area contributed by atoms with E-state index in [1.807, 2.05) is 13.0 Å². The first-order chi connectivity index (χ1) is 7.50. The van der Waals surface area contributed by atoms with E-state index in [2.05, 4.69) is 26.0 Å². The Bertz CT molecular complexity index is 555. The molecule has 0 aliphatic rings. The molecule has 0 aliphatic heterocycles. The molecule has 0 saturated carbocycles. The minimum Gasteiger partial charge on any atom is -0.302 e. The van der Waals surface area contributed by atoms with E-state index in [4.69, 9.17) is 4.55 Å². The van der Waals surface area contributed by atoms with Gasteiger partial charge in [-0.2, -0.15) is 0 Å². The molecular weight excluding hydrogens is 240 g/mol. The van der Waals surface area contributed by atoms with Crippen LogP contribution in [0.25, 0.3) is 10.1 Å². The van der Waals surface area contributed by atoms with Crippen molar-refractivity contribution >= 4 is 32.5 Å². The predicted octanol–water partition coefficient (Wildman–Crippen LogP) is 3.91. The minimum absolute atomic E-state index is 0.478. The second-order valence-corrected chi connectivity index (χ2v) is 6.39. The summed E-state index contributed by atoms with van der Waals surface area (Å²) in [5.41, 5.74) is 2.20. The fourth-order valence-electron chi connectivity index (χ4n) is 1.74. The van der Waals surface area contributed by atoms with Crippen LogP contribution in [0.1, 0.15) is 30.9 Å². The smallest absolute Gasteiger partial charge is 0.197 e. The zero-order valence-electron chi connectivity index (χ0n) is 9.48. The van der Waals surface area contributed by atoms with Crippen molar-refractivity contribution in [3.63, 3.8) is 0 Å². The molecule has 2 rings (SSSR count). The molecule has 1 atom stereocenters. The number of hydrogen-bond acceptors (Lipinski definition) is 2. The van der Waals surface area contributed by atoms with E-state index in [1.165, 1.54) is 16.9 Å². The van der Waals surface area contributed by atoms with E-state index in [0.29, 0.717) is 10.1 Å². The van der Waals surface area contributed by atoms with Crippen LogP contribution in [0.4, 0.5) is 0 Å². The Kier molecular flexibility index (Phi) is 3.15. The van der Waals surface area contributed by atoms with E-state index in [1.54, 1.807) is 0 Å². The number of benzene rings is 1. The molecular formula is C12H14O2S2. The molecule has 1 aromatic carbocycles. The molecule has 1 N–H and O–H groups in total. The van der Waals surface area contributed by atoms with Crippen LogP contribution >= 0.6 is 11.3 Å². The standard InChI is InChI=1S/C12H14O2S2/c1-7(2)9-4-5-11-10(6-9)8(3)12(15-11)16(13)14/h4-7H,1-3H3,(H,13,14). The Labute approximate surface area is 102 Å². The Morgan fingerprint density at radius 1 is 1.38 bits per heavy atom. The third-order valence-corrected chi connectivity index (χ3v) is 5.11. The molecule has 0 amide bonds. The van der Waals surface area contributed by atoms with Crippen LogP contribution in [-0.2, 0) is 11.1 Å². The SMILES string of the molecule is Cc1c(S(=O)O)sc2ccc(C(C)C)cc12. The maximum Gasteiger partial charge on any atom is 0.197 e. The molecule has 0 spiro atoms. The van der Waals surface area contributed by atoms with Gasteiger partial charge in [-0.1, -0.05) is 19.9 Å². The average Bonchev–Trinajstić information content (AvgIpc) is 2.56. The van der Waals surface area contributed by atoms with Crippen molar-refractivity contribution in [3.8, 4) is 0 Å². The molecule has 86 valence electrons. The van der Waals surface area contributed by atoms with Gasteiger partial charge in [-0.05, 0) is 41.5 Å². The van der Waals surface area contributed by atoms with Gasteiger partial charge in [-0.3, -0.25) is 0 Å². The third-order valence-electron chi connectivity index (χ3n) is 2.74. The molecule has 0 radical (unpaired) electrons. The van der Waals surface area contributed by atoms with E-state index >= 15 is 0 Å². The molecule has 4 heteroatoms. The number of aryl methyl sites for hydroxylation is 1. The number of fused-ring (bicyclic) bond motifs is 1. The summed E-state index contributed by atoms with van der Waals surface area (Å²) in [6.07, 6.45) is 0. The Hall–Kier alpha value is -0.710. The van der Waals surface area contributed by atoms with Gasteiger partial charge in [0.25, 0.3) is 0 Å². The summed E-state index contributed by atoms with van der Waals surface area (Å²) in [6.45, 7) is 6.20. The van der Waals surface area contributed by atoms with Gasteiger partial charge < -0.3 is 4.55 Å². The van der Waals surface area contributed by atoms with Crippen LogP contribution in [0.5, 0.6) is 0 Å². The number of hydrogen-bond donors (Lipinski definition) is 1. The molecule has 2 nitrogen and oxygen atoms in total. The van der Waals surface area contributed by atoms with Crippen molar-refractivity contribution < 1.29 is 8.76 Å². The number of rotatable bonds is 2.